The third kappa shape index (κ3) is 5.60. The highest BCUT2D eigenvalue weighted by molar-refractivity contribution is 5.96. The van der Waals surface area contributed by atoms with Gasteiger partial charge >= 0.3 is 11.9 Å². The summed E-state index contributed by atoms with van der Waals surface area (Å²) < 4.78 is 5.85. The van der Waals surface area contributed by atoms with Crippen LogP contribution in [0.4, 0.5) is 16.2 Å². The van der Waals surface area contributed by atoms with Crippen LogP contribution in [0, 0.1) is 0 Å². The molecule has 0 radical (unpaired) electrons. The molecule has 0 bridgehead atoms. The van der Waals surface area contributed by atoms with Crippen LogP contribution in [0.1, 0.15) is 52.1 Å². The van der Waals surface area contributed by atoms with E-state index >= 15 is 0 Å². The Labute approximate surface area is 246 Å². The average Bonchev–Trinajstić information content (AvgIpc) is 3.60. The lowest BCUT2D eigenvalue weighted by Gasteiger charge is -2.38. The van der Waals surface area contributed by atoms with E-state index in [4.69, 9.17) is 4.42 Å². The molecule has 8 nitrogen and oxygen atoms in total. The fourth-order valence-corrected chi connectivity index (χ4v) is 6.17. The monoisotopic (exact) mass is 567 g/mol. The standard InChI is InChI=1S/C34H38N4O4/c1-5-37(6-2)32(26-12-8-7-9-13-26)33(40)38(20-10-11-23(38)3)34(41)36-29-18-19-30-27(21-29)22-31(42-30)25-14-16-28(17-15-25)35-24(4)39/h7-9,12-19,21-23,32H,5-6,10-11,20H2,1-4H3,(H-,35,36,39,41)/p+1/t23-,32-,38?/m1/s1. The average molecular weight is 568 g/mol. The Bertz CT molecular complexity index is 1580. The minimum Gasteiger partial charge on any atom is -0.456 e. The maximum absolute atomic E-state index is 14.6. The molecule has 1 saturated heterocycles. The number of furan rings is 1. The van der Waals surface area contributed by atoms with Gasteiger partial charge in [-0.1, -0.05) is 44.2 Å². The molecule has 5 rings (SSSR count). The number of urea groups is 1. The highest BCUT2D eigenvalue weighted by Gasteiger charge is 2.55. The van der Waals surface area contributed by atoms with E-state index in [2.05, 4.69) is 29.4 Å². The lowest BCUT2D eigenvalue weighted by atomic mass is 10.0. The van der Waals surface area contributed by atoms with Crippen LogP contribution in [0.15, 0.2) is 83.3 Å². The topological polar surface area (TPSA) is 91.7 Å². The Morgan fingerprint density at radius 2 is 1.62 bits per heavy atom. The summed E-state index contributed by atoms with van der Waals surface area (Å²) >= 11 is 0. The molecular weight excluding hydrogens is 528 g/mol. The molecule has 1 aromatic heterocycles. The number of likely N-dealkylation sites (tertiary alicyclic amines) is 1. The van der Waals surface area contributed by atoms with Crippen molar-refractivity contribution in [3.63, 3.8) is 0 Å². The van der Waals surface area contributed by atoms with E-state index in [0.29, 0.717) is 42.4 Å². The van der Waals surface area contributed by atoms with E-state index in [-0.39, 0.29) is 28.4 Å². The highest BCUT2D eigenvalue weighted by atomic mass is 16.3. The second-order valence-corrected chi connectivity index (χ2v) is 11.0. The Kier molecular flexibility index (Phi) is 8.56. The number of nitrogens with one attached hydrogen (secondary N) is 2. The second kappa shape index (κ2) is 12.3. The molecule has 1 unspecified atom stereocenters. The van der Waals surface area contributed by atoms with Crippen LogP contribution < -0.4 is 10.6 Å². The van der Waals surface area contributed by atoms with Gasteiger partial charge in [0.1, 0.15) is 17.4 Å². The molecule has 0 saturated carbocycles. The molecule has 1 aliphatic heterocycles. The lowest BCUT2D eigenvalue weighted by Crippen LogP contribution is -2.63. The Morgan fingerprint density at radius 1 is 0.929 bits per heavy atom. The minimum absolute atomic E-state index is 0.0817. The number of anilines is 2. The van der Waals surface area contributed by atoms with Crippen LogP contribution in [-0.2, 0) is 9.59 Å². The van der Waals surface area contributed by atoms with Gasteiger partial charge in [0.05, 0.1) is 6.54 Å². The Hall–Kier alpha value is -4.27. The summed E-state index contributed by atoms with van der Waals surface area (Å²) in [6.07, 6.45) is 1.62. The third-order valence-electron chi connectivity index (χ3n) is 8.42. The molecule has 8 heteroatoms. The maximum Gasteiger partial charge on any atom is 0.428 e. The van der Waals surface area contributed by atoms with Crippen molar-refractivity contribution >= 4 is 40.2 Å². The first kappa shape index (κ1) is 29.2. The first-order valence-corrected chi connectivity index (χ1v) is 14.7. The number of carbonyl (C=O) groups excluding carboxylic acids is 3. The Morgan fingerprint density at radius 3 is 2.24 bits per heavy atom. The third-order valence-corrected chi connectivity index (χ3v) is 8.42. The van der Waals surface area contributed by atoms with E-state index in [1.54, 1.807) is 0 Å². The van der Waals surface area contributed by atoms with Crippen LogP contribution in [0.25, 0.3) is 22.3 Å². The zero-order valence-corrected chi connectivity index (χ0v) is 24.7. The highest BCUT2D eigenvalue weighted by Crippen LogP contribution is 2.36. The lowest BCUT2D eigenvalue weighted by molar-refractivity contribution is -0.783. The van der Waals surface area contributed by atoms with Crippen molar-refractivity contribution in [1.82, 2.24) is 4.90 Å². The van der Waals surface area contributed by atoms with Gasteiger partial charge in [0.2, 0.25) is 5.91 Å². The fourth-order valence-electron chi connectivity index (χ4n) is 6.17. The molecule has 218 valence electrons. The van der Waals surface area contributed by atoms with Crippen molar-refractivity contribution in [3.8, 4) is 11.3 Å². The maximum atomic E-state index is 14.6. The molecule has 0 aliphatic carbocycles. The predicted molar refractivity (Wildman–Crippen MR) is 166 cm³/mol. The summed E-state index contributed by atoms with van der Waals surface area (Å²) in [5, 5.41) is 6.70. The summed E-state index contributed by atoms with van der Waals surface area (Å²) in [7, 11) is 0. The minimum atomic E-state index is -0.511. The number of quaternary nitrogens is 1. The molecular formula is C34H39N4O4+. The molecule has 3 aromatic carbocycles. The molecule has 4 amide bonds. The van der Waals surface area contributed by atoms with E-state index in [0.717, 1.165) is 29.4 Å². The van der Waals surface area contributed by atoms with Gasteiger partial charge in [0.15, 0.2) is 6.04 Å². The van der Waals surface area contributed by atoms with Crippen LogP contribution in [0.2, 0.25) is 0 Å². The van der Waals surface area contributed by atoms with Gasteiger partial charge in [-0.15, -0.1) is 0 Å². The largest absolute Gasteiger partial charge is 0.456 e. The predicted octanol–water partition coefficient (Wildman–Crippen LogP) is 7.20. The summed E-state index contributed by atoms with van der Waals surface area (Å²) in [6.45, 7) is 9.47. The SMILES string of the molecule is CCN(CC)[C@@H](C(=O)[N+]1(C(=O)Nc2ccc3oc(-c4ccc(NC(C)=O)cc4)cc3c2)CCC[C@H]1C)c1ccccc1. The number of rotatable bonds is 8. The van der Waals surface area contributed by atoms with Crippen LogP contribution in [0.3, 0.4) is 0 Å². The molecule has 42 heavy (non-hydrogen) atoms. The fraction of sp³-hybridized carbons (Fsp3) is 0.324. The molecule has 2 heterocycles. The van der Waals surface area contributed by atoms with Gasteiger partial charge in [-0.05, 0) is 74.1 Å². The molecule has 3 atom stereocenters. The molecule has 1 fully saturated rings. The van der Waals surface area contributed by atoms with Gasteiger partial charge in [-0.2, -0.15) is 4.48 Å². The first-order valence-electron chi connectivity index (χ1n) is 14.7. The van der Waals surface area contributed by atoms with Gasteiger partial charge in [0.25, 0.3) is 0 Å². The second-order valence-electron chi connectivity index (χ2n) is 11.0. The van der Waals surface area contributed by atoms with Crippen LogP contribution in [-0.4, -0.2) is 52.9 Å². The number of amides is 4. The number of imide groups is 1. The number of benzene rings is 3. The van der Waals surface area contributed by atoms with Crippen molar-refractivity contribution < 1.29 is 23.3 Å². The first-order chi connectivity index (χ1) is 20.3. The van der Waals surface area contributed by atoms with Gasteiger partial charge < -0.3 is 9.73 Å². The molecule has 1 aliphatic rings. The van der Waals surface area contributed by atoms with E-state index < -0.39 is 6.04 Å². The zero-order chi connectivity index (χ0) is 29.9. The van der Waals surface area contributed by atoms with Crippen molar-refractivity contribution in [2.24, 2.45) is 0 Å². The molecule has 4 aromatic rings. The van der Waals surface area contributed by atoms with E-state index in [9.17, 15) is 14.4 Å². The zero-order valence-electron chi connectivity index (χ0n) is 24.7. The van der Waals surface area contributed by atoms with Crippen LogP contribution in [0.5, 0.6) is 0 Å². The quantitative estimate of drug-likeness (QED) is 0.220. The number of carbonyl (C=O) groups is 3. The normalized spacial score (nSPS) is 19.1. The van der Waals surface area contributed by atoms with E-state index in [1.165, 1.54) is 6.92 Å². The Balaban J connectivity index is 1.43. The molecule has 2 N–H and O–H groups in total. The van der Waals surface area contributed by atoms with E-state index in [1.807, 2.05) is 85.8 Å². The van der Waals surface area contributed by atoms with Gasteiger partial charge in [0, 0.05) is 42.1 Å². The van der Waals surface area contributed by atoms with Crippen molar-refractivity contribution in [1.29, 1.82) is 0 Å². The number of hydrogen-bond donors (Lipinski definition) is 2. The van der Waals surface area contributed by atoms with Crippen molar-refractivity contribution in [3.05, 3.63) is 84.4 Å². The van der Waals surface area contributed by atoms with Gasteiger partial charge in [-0.3, -0.25) is 15.0 Å². The van der Waals surface area contributed by atoms with Crippen molar-refractivity contribution in [2.45, 2.75) is 52.6 Å². The summed E-state index contributed by atoms with van der Waals surface area (Å²) in [5.41, 5.74) is 3.80. The summed E-state index contributed by atoms with van der Waals surface area (Å²) in [6, 6.07) is 23.7. The van der Waals surface area contributed by atoms with Crippen molar-refractivity contribution in [2.75, 3.05) is 30.3 Å². The number of likely N-dealkylation sites (N-methyl/N-ethyl adjacent to an activating group) is 1. The number of hydrogen-bond acceptors (Lipinski definition) is 5. The summed E-state index contributed by atoms with van der Waals surface area (Å²) in [4.78, 5) is 42.2. The number of fused-ring (bicyclic) bond motifs is 1. The van der Waals surface area contributed by atoms with Gasteiger partial charge in [-0.25, -0.2) is 9.59 Å². The number of nitrogens with zero attached hydrogens (tertiary/aromatic N) is 2. The van der Waals surface area contributed by atoms with Crippen LogP contribution >= 0.6 is 0 Å². The smallest absolute Gasteiger partial charge is 0.428 e. The summed E-state index contributed by atoms with van der Waals surface area (Å²) in [5.74, 6) is 0.472. The molecule has 0 spiro atoms.